The molecule has 0 saturated carbocycles. The molecule has 2 aliphatic heterocycles. The van der Waals surface area contributed by atoms with Gasteiger partial charge in [-0.25, -0.2) is 0 Å². The lowest BCUT2D eigenvalue weighted by Crippen LogP contribution is -2.38. The number of hydrogen-bond donors (Lipinski definition) is 2. The van der Waals surface area contributed by atoms with Crippen molar-refractivity contribution in [2.24, 2.45) is 0 Å². The summed E-state index contributed by atoms with van der Waals surface area (Å²) in [4.78, 5) is 52.9. The minimum absolute atomic E-state index is 0.0403. The van der Waals surface area contributed by atoms with Gasteiger partial charge in [-0.3, -0.25) is 19.2 Å². The summed E-state index contributed by atoms with van der Waals surface area (Å²) in [5, 5.41) is 32.4. The van der Waals surface area contributed by atoms with E-state index in [1.54, 1.807) is 23.1 Å². The molecular weight excluding hydrogens is 797 g/mol. The average molecular weight is 860 g/mol. The van der Waals surface area contributed by atoms with Crippen molar-refractivity contribution in [3.63, 3.8) is 0 Å². The molecule has 2 N–H and O–H groups in total. The first-order valence-corrected chi connectivity index (χ1v) is 22.6. The van der Waals surface area contributed by atoms with Gasteiger partial charge in [0.15, 0.2) is 12.3 Å². The van der Waals surface area contributed by atoms with Crippen LogP contribution in [-0.2, 0) is 34.1 Å². The number of allylic oxidation sites excluding steroid dienone is 5. The number of anilines is 2. The van der Waals surface area contributed by atoms with E-state index in [0.29, 0.717) is 31.0 Å². The zero-order valence-electron chi connectivity index (χ0n) is 36.9. The normalized spacial score (nSPS) is 16.5. The van der Waals surface area contributed by atoms with Gasteiger partial charge in [0.2, 0.25) is 5.69 Å². The highest BCUT2D eigenvalue weighted by Gasteiger charge is 2.53. The van der Waals surface area contributed by atoms with E-state index < -0.39 is 17.4 Å². The van der Waals surface area contributed by atoms with E-state index in [9.17, 15) is 34.7 Å². The fourth-order valence-corrected chi connectivity index (χ4v) is 8.90. The van der Waals surface area contributed by atoms with Crippen molar-refractivity contribution in [1.29, 1.82) is 5.26 Å². The quantitative estimate of drug-likeness (QED) is 0.0179. The van der Waals surface area contributed by atoms with Crippen molar-refractivity contribution in [3.05, 3.63) is 102 Å². The van der Waals surface area contributed by atoms with Crippen molar-refractivity contribution < 1.29 is 43.4 Å². The fourth-order valence-electron chi connectivity index (χ4n) is 8.90. The van der Waals surface area contributed by atoms with Gasteiger partial charge < -0.3 is 29.5 Å². The highest BCUT2D eigenvalue weighted by atomic mass is 16.5. The molecule has 0 aliphatic carbocycles. The second-order valence-electron chi connectivity index (χ2n) is 16.3. The number of carbonyl (C=O) groups is 4. The Bertz CT molecular complexity index is 2240. The number of carbonyl (C=O) groups excluding carboxylic acids is 2. The summed E-state index contributed by atoms with van der Waals surface area (Å²) < 4.78 is 12.9. The number of benzene rings is 3. The minimum Gasteiger partial charge on any atom is -0.481 e. The van der Waals surface area contributed by atoms with Crippen LogP contribution in [0.15, 0.2) is 96.4 Å². The summed E-state index contributed by atoms with van der Waals surface area (Å²) in [5.74, 6) is -1.86. The first-order chi connectivity index (χ1) is 30.7. The van der Waals surface area contributed by atoms with Crippen molar-refractivity contribution in [1.82, 2.24) is 0 Å². The molecule has 334 valence electrons. The number of ether oxygens (including phenoxy) is 2. The molecule has 5 rings (SSSR count). The van der Waals surface area contributed by atoms with Gasteiger partial charge in [-0.1, -0.05) is 127 Å². The maximum atomic E-state index is 14.0. The van der Waals surface area contributed by atoms with Gasteiger partial charge in [0.05, 0.1) is 53.4 Å². The second kappa shape index (κ2) is 24.4. The van der Waals surface area contributed by atoms with Crippen LogP contribution in [0.4, 0.5) is 17.1 Å². The average Bonchev–Trinajstić information content (AvgIpc) is 3.71. The predicted octanol–water partition coefficient (Wildman–Crippen LogP) is 10.1. The molecular formula is C51H63N4O8+. The number of unbranched alkanes of at least 4 members (excludes halogenated alkanes) is 10. The Kier molecular flexibility index (Phi) is 18.5. The maximum absolute atomic E-state index is 14.0. The van der Waals surface area contributed by atoms with Gasteiger partial charge >= 0.3 is 17.9 Å². The van der Waals surface area contributed by atoms with Gasteiger partial charge in [0.1, 0.15) is 25.4 Å². The number of esters is 1. The van der Waals surface area contributed by atoms with E-state index >= 15 is 0 Å². The van der Waals surface area contributed by atoms with Gasteiger partial charge in [0.25, 0.3) is 6.47 Å². The lowest BCUT2D eigenvalue weighted by atomic mass is 9.70. The van der Waals surface area contributed by atoms with Gasteiger partial charge in [-0.15, -0.1) is 0 Å². The van der Waals surface area contributed by atoms with E-state index in [2.05, 4.69) is 25.1 Å². The Balaban J connectivity index is 1.61. The maximum Gasteiger partial charge on any atom is 0.323 e. The molecule has 0 fully saturated rings. The number of rotatable bonds is 28. The third-order valence-electron chi connectivity index (χ3n) is 12.0. The van der Waals surface area contributed by atoms with Crippen LogP contribution in [0.2, 0.25) is 0 Å². The van der Waals surface area contributed by atoms with E-state index in [1.165, 1.54) is 38.5 Å². The van der Waals surface area contributed by atoms with E-state index in [0.717, 1.165) is 71.9 Å². The number of carboxylic acid groups (broad SMARTS) is 2. The van der Waals surface area contributed by atoms with Crippen LogP contribution in [0.1, 0.15) is 116 Å². The van der Waals surface area contributed by atoms with Gasteiger partial charge in [-0.2, -0.15) is 9.84 Å². The third kappa shape index (κ3) is 12.5. The van der Waals surface area contributed by atoms with Crippen LogP contribution in [0.3, 0.4) is 0 Å². The van der Waals surface area contributed by atoms with Gasteiger partial charge in [0, 0.05) is 11.6 Å². The number of nitrogens with zero attached hydrogens (tertiary/aromatic N) is 4. The molecule has 2 heterocycles. The Labute approximate surface area is 371 Å². The largest absolute Gasteiger partial charge is 0.481 e. The van der Waals surface area contributed by atoms with Crippen molar-refractivity contribution in [2.75, 3.05) is 42.6 Å². The summed E-state index contributed by atoms with van der Waals surface area (Å²) in [6.07, 6.45) is 20.4. The van der Waals surface area contributed by atoms with Crippen LogP contribution >= 0.6 is 0 Å². The van der Waals surface area contributed by atoms with Crippen molar-refractivity contribution >= 4 is 57.9 Å². The summed E-state index contributed by atoms with van der Waals surface area (Å²) in [6, 6.07) is 21.7. The molecule has 0 aromatic heterocycles. The zero-order valence-corrected chi connectivity index (χ0v) is 36.9. The summed E-state index contributed by atoms with van der Waals surface area (Å²) in [5.41, 5.74) is 3.24. The number of hydrogen-bond acceptors (Lipinski definition) is 9. The number of carboxylic acids is 2. The monoisotopic (exact) mass is 859 g/mol. The lowest BCUT2D eigenvalue weighted by Gasteiger charge is -2.27. The molecule has 0 radical (unpaired) electrons. The van der Waals surface area contributed by atoms with E-state index in [1.807, 2.05) is 71.0 Å². The van der Waals surface area contributed by atoms with Crippen LogP contribution in [0.25, 0.3) is 10.8 Å². The predicted molar refractivity (Wildman–Crippen MR) is 246 cm³/mol. The lowest BCUT2D eigenvalue weighted by molar-refractivity contribution is -0.435. The standard InChI is InChI=1S/C51H62N4O8/c1-3-5-7-8-9-10-11-12-13-18-30-51(35-49(61)63-33-6-4-2)42-26-25-40-19-14-15-20-41(40)50(42)54(31-29-47(57)58)45(51)27-23-39(36-52)24-28-46-53(32-34-62-38-56)43-21-16-17-22-44(43)55(46)37-48(59)60/h14-17,19-28,38H,3-13,18,29-35,37H2,1-2H3,(H-,57,58,59,60)/p+1. The zero-order chi connectivity index (χ0) is 45.0. The highest BCUT2D eigenvalue weighted by Crippen LogP contribution is 2.49. The molecule has 12 heteroatoms. The van der Waals surface area contributed by atoms with Gasteiger partial charge in [-0.05, 0) is 54.7 Å². The molecule has 0 saturated heterocycles. The van der Waals surface area contributed by atoms with E-state index in [-0.39, 0.29) is 50.6 Å². The van der Waals surface area contributed by atoms with Crippen LogP contribution in [0.5, 0.6) is 0 Å². The van der Waals surface area contributed by atoms with Crippen molar-refractivity contribution in [2.45, 2.75) is 116 Å². The van der Waals surface area contributed by atoms with Crippen molar-refractivity contribution in [3.8, 4) is 6.07 Å². The molecule has 12 nitrogen and oxygen atoms in total. The third-order valence-corrected chi connectivity index (χ3v) is 12.0. The Morgan fingerprint density at radius 2 is 1.48 bits per heavy atom. The number of fused-ring (bicyclic) bond motifs is 4. The van der Waals surface area contributed by atoms with Crippen LogP contribution in [-0.4, -0.2) is 77.7 Å². The molecule has 1 unspecified atom stereocenters. The molecule has 2 aliphatic rings. The molecule has 63 heavy (non-hydrogen) atoms. The number of aliphatic carboxylic acids is 2. The smallest absolute Gasteiger partial charge is 0.323 e. The summed E-state index contributed by atoms with van der Waals surface area (Å²) >= 11 is 0. The Hall–Kier alpha value is -6.22. The molecule has 3 aromatic rings. The first-order valence-electron chi connectivity index (χ1n) is 22.6. The van der Waals surface area contributed by atoms with Crippen LogP contribution < -0.4 is 9.80 Å². The fraction of sp³-hybridized carbons (Fsp3) is 0.451. The second-order valence-corrected chi connectivity index (χ2v) is 16.3. The number of nitriles is 1. The molecule has 3 aromatic carbocycles. The Morgan fingerprint density at radius 3 is 2.14 bits per heavy atom. The highest BCUT2D eigenvalue weighted by molar-refractivity contribution is 6.09. The van der Waals surface area contributed by atoms with E-state index in [4.69, 9.17) is 9.47 Å². The molecule has 1 atom stereocenters. The minimum atomic E-state index is -1.05. The molecule has 0 bridgehead atoms. The molecule has 0 spiro atoms. The number of para-hydroxylation sites is 2. The molecule has 0 amide bonds. The summed E-state index contributed by atoms with van der Waals surface area (Å²) in [7, 11) is 0. The summed E-state index contributed by atoms with van der Waals surface area (Å²) in [6.45, 7) is 5.01. The first kappa shape index (κ1) is 47.8. The Morgan fingerprint density at radius 1 is 0.810 bits per heavy atom. The topological polar surface area (TPSA) is 160 Å². The SMILES string of the molecule is CCCCCCCCCCCCC1(CC(=O)OCCCC)C(/C=C/C(C#N)=C/C=C2/N(CCOC=O)c3ccccc3N2CC(=O)O)=[N+](CCC(=O)O)c2c1ccc1ccccc21. The van der Waals surface area contributed by atoms with Crippen LogP contribution in [0, 0.1) is 11.3 Å².